The lowest BCUT2D eigenvalue weighted by Crippen LogP contribution is -2.26. The first-order valence-electron chi connectivity index (χ1n) is 7.12. The summed E-state index contributed by atoms with van der Waals surface area (Å²) in [6.45, 7) is 0.157. The van der Waals surface area contributed by atoms with Gasteiger partial charge in [-0.1, -0.05) is 41.9 Å². The summed E-state index contributed by atoms with van der Waals surface area (Å²) in [6, 6.07) is 14.9. The summed E-state index contributed by atoms with van der Waals surface area (Å²) in [6.07, 6.45) is 4.32. The molecule has 2 aromatic carbocycles. The van der Waals surface area contributed by atoms with Crippen LogP contribution in [0.3, 0.4) is 0 Å². The Kier molecular flexibility index (Phi) is 6.71. The van der Waals surface area contributed by atoms with Crippen LogP contribution in [-0.4, -0.2) is 23.8 Å². The smallest absolute Gasteiger partial charge is 0.244 e. The van der Waals surface area contributed by atoms with Gasteiger partial charge in [0.2, 0.25) is 5.91 Å². The van der Waals surface area contributed by atoms with E-state index in [2.05, 4.69) is 5.32 Å². The standard InChI is InChI=1S/C18H18ClNO2S/c1-23-15-9-6-14(7-10-15)17(21)12-20-18(22)11-8-13-4-2-3-5-16(13)19/h2-11,17,21H,12H2,1H3,(H,20,22). The minimum Gasteiger partial charge on any atom is -0.387 e. The van der Waals surface area contributed by atoms with E-state index in [0.29, 0.717) is 5.02 Å². The molecule has 2 N–H and O–H groups in total. The number of amides is 1. The summed E-state index contributed by atoms with van der Waals surface area (Å²) < 4.78 is 0. The second kappa shape index (κ2) is 8.77. The van der Waals surface area contributed by atoms with Crippen molar-refractivity contribution in [3.8, 4) is 0 Å². The van der Waals surface area contributed by atoms with E-state index in [9.17, 15) is 9.90 Å². The van der Waals surface area contributed by atoms with Gasteiger partial charge in [-0.3, -0.25) is 4.79 Å². The molecule has 0 saturated carbocycles. The molecule has 0 heterocycles. The Morgan fingerprint density at radius 2 is 1.96 bits per heavy atom. The number of hydrogen-bond donors (Lipinski definition) is 2. The monoisotopic (exact) mass is 347 g/mol. The molecule has 2 rings (SSSR count). The summed E-state index contributed by atoms with van der Waals surface area (Å²) in [5, 5.41) is 13.4. The average molecular weight is 348 g/mol. The zero-order valence-electron chi connectivity index (χ0n) is 12.7. The molecule has 0 aromatic heterocycles. The highest BCUT2D eigenvalue weighted by atomic mass is 35.5. The number of aliphatic hydroxyl groups excluding tert-OH is 1. The Bertz CT molecular complexity index is 686. The van der Waals surface area contributed by atoms with Crippen LogP contribution >= 0.6 is 23.4 Å². The van der Waals surface area contributed by atoms with E-state index in [1.165, 1.54) is 6.08 Å². The Balaban J connectivity index is 1.87. The van der Waals surface area contributed by atoms with Crippen LogP contribution in [0.2, 0.25) is 5.02 Å². The van der Waals surface area contributed by atoms with Gasteiger partial charge in [0.15, 0.2) is 0 Å². The van der Waals surface area contributed by atoms with Gasteiger partial charge in [0.25, 0.3) is 0 Å². The fourth-order valence-corrected chi connectivity index (χ4v) is 2.58. The molecule has 5 heteroatoms. The molecule has 0 aliphatic carbocycles. The van der Waals surface area contributed by atoms with Crippen LogP contribution in [0.15, 0.2) is 59.5 Å². The van der Waals surface area contributed by atoms with Gasteiger partial charge in [0.05, 0.1) is 6.10 Å². The first-order valence-corrected chi connectivity index (χ1v) is 8.73. The van der Waals surface area contributed by atoms with Crippen LogP contribution in [-0.2, 0) is 4.79 Å². The van der Waals surface area contributed by atoms with Gasteiger partial charge < -0.3 is 10.4 Å². The molecule has 1 amide bonds. The van der Waals surface area contributed by atoms with Crippen molar-refractivity contribution >= 4 is 35.3 Å². The van der Waals surface area contributed by atoms with Crippen LogP contribution in [0.5, 0.6) is 0 Å². The first-order chi connectivity index (χ1) is 11.1. The molecular weight excluding hydrogens is 330 g/mol. The normalized spacial score (nSPS) is 12.3. The van der Waals surface area contributed by atoms with Crippen molar-refractivity contribution < 1.29 is 9.90 Å². The summed E-state index contributed by atoms with van der Waals surface area (Å²) >= 11 is 7.66. The number of benzene rings is 2. The molecular formula is C18H18ClNO2S. The van der Waals surface area contributed by atoms with Crippen molar-refractivity contribution in [3.05, 3.63) is 70.8 Å². The Hall–Kier alpha value is -1.75. The van der Waals surface area contributed by atoms with Gasteiger partial charge in [-0.25, -0.2) is 0 Å². The highest BCUT2D eigenvalue weighted by Gasteiger charge is 2.08. The maximum atomic E-state index is 11.8. The molecule has 0 bridgehead atoms. The Labute approximate surface area is 145 Å². The van der Waals surface area contributed by atoms with Crippen molar-refractivity contribution in [2.45, 2.75) is 11.0 Å². The molecule has 0 aliphatic rings. The fraction of sp³-hybridized carbons (Fsp3) is 0.167. The molecule has 0 radical (unpaired) electrons. The summed E-state index contributed by atoms with van der Waals surface area (Å²) in [5.41, 5.74) is 1.55. The molecule has 0 spiro atoms. The van der Waals surface area contributed by atoms with E-state index in [1.54, 1.807) is 23.9 Å². The van der Waals surface area contributed by atoms with Crippen LogP contribution in [0.4, 0.5) is 0 Å². The van der Waals surface area contributed by atoms with Crippen molar-refractivity contribution in [3.63, 3.8) is 0 Å². The van der Waals surface area contributed by atoms with E-state index in [-0.39, 0.29) is 12.5 Å². The van der Waals surface area contributed by atoms with Crippen molar-refractivity contribution in [1.29, 1.82) is 0 Å². The molecule has 1 unspecified atom stereocenters. The molecule has 0 fully saturated rings. The summed E-state index contributed by atoms with van der Waals surface area (Å²) in [4.78, 5) is 12.9. The molecule has 0 saturated heterocycles. The second-order valence-electron chi connectivity index (χ2n) is 4.89. The molecule has 120 valence electrons. The second-order valence-corrected chi connectivity index (χ2v) is 6.18. The Morgan fingerprint density at radius 1 is 1.26 bits per heavy atom. The van der Waals surface area contributed by atoms with Gasteiger partial charge in [-0.2, -0.15) is 0 Å². The van der Waals surface area contributed by atoms with Crippen LogP contribution in [0.25, 0.3) is 6.08 Å². The third kappa shape index (κ3) is 5.43. The number of thioether (sulfide) groups is 1. The van der Waals surface area contributed by atoms with E-state index in [1.807, 2.05) is 48.7 Å². The lowest BCUT2D eigenvalue weighted by Gasteiger charge is -2.11. The summed E-state index contributed by atoms with van der Waals surface area (Å²) in [5.74, 6) is -0.273. The van der Waals surface area contributed by atoms with Crippen molar-refractivity contribution in [2.75, 3.05) is 12.8 Å². The minimum absolute atomic E-state index is 0.157. The number of hydrogen-bond acceptors (Lipinski definition) is 3. The third-order valence-electron chi connectivity index (χ3n) is 3.29. The highest BCUT2D eigenvalue weighted by molar-refractivity contribution is 7.98. The van der Waals surface area contributed by atoms with Gasteiger partial charge in [-0.05, 0) is 41.7 Å². The molecule has 2 aromatic rings. The number of rotatable bonds is 6. The zero-order valence-corrected chi connectivity index (χ0v) is 14.3. The largest absolute Gasteiger partial charge is 0.387 e. The van der Waals surface area contributed by atoms with E-state index >= 15 is 0 Å². The van der Waals surface area contributed by atoms with Crippen LogP contribution in [0, 0.1) is 0 Å². The lowest BCUT2D eigenvalue weighted by atomic mass is 10.1. The predicted molar refractivity (Wildman–Crippen MR) is 96.7 cm³/mol. The Morgan fingerprint density at radius 3 is 2.61 bits per heavy atom. The summed E-state index contributed by atoms with van der Waals surface area (Å²) in [7, 11) is 0. The maximum absolute atomic E-state index is 11.8. The molecule has 23 heavy (non-hydrogen) atoms. The molecule has 1 atom stereocenters. The van der Waals surface area contributed by atoms with Crippen molar-refractivity contribution in [1.82, 2.24) is 5.32 Å². The van der Waals surface area contributed by atoms with Gasteiger partial charge in [0.1, 0.15) is 0 Å². The molecule has 3 nitrogen and oxygen atoms in total. The predicted octanol–water partition coefficient (Wildman–Crippen LogP) is 3.92. The maximum Gasteiger partial charge on any atom is 0.244 e. The van der Waals surface area contributed by atoms with Crippen LogP contribution < -0.4 is 5.32 Å². The highest BCUT2D eigenvalue weighted by Crippen LogP contribution is 2.19. The fourth-order valence-electron chi connectivity index (χ4n) is 1.98. The lowest BCUT2D eigenvalue weighted by molar-refractivity contribution is -0.116. The number of carbonyl (C=O) groups excluding carboxylic acids is 1. The van der Waals surface area contributed by atoms with E-state index in [0.717, 1.165) is 16.0 Å². The number of carbonyl (C=O) groups is 1. The number of aliphatic hydroxyl groups is 1. The van der Waals surface area contributed by atoms with Gasteiger partial charge in [0, 0.05) is 22.5 Å². The van der Waals surface area contributed by atoms with E-state index < -0.39 is 6.10 Å². The van der Waals surface area contributed by atoms with Gasteiger partial charge in [-0.15, -0.1) is 11.8 Å². The minimum atomic E-state index is -0.733. The average Bonchev–Trinajstić information content (AvgIpc) is 2.59. The molecule has 0 aliphatic heterocycles. The number of halogens is 1. The third-order valence-corrected chi connectivity index (χ3v) is 4.38. The SMILES string of the molecule is CSc1ccc(C(O)CNC(=O)C=Cc2ccccc2Cl)cc1. The van der Waals surface area contributed by atoms with E-state index in [4.69, 9.17) is 11.6 Å². The topological polar surface area (TPSA) is 49.3 Å². The quantitative estimate of drug-likeness (QED) is 0.615. The van der Waals surface area contributed by atoms with Gasteiger partial charge >= 0.3 is 0 Å². The van der Waals surface area contributed by atoms with Crippen LogP contribution in [0.1, 0.15) is 17.2 Å². The first kappa shape index (κ1) is 17.6. The van der Waals surface area contributed by atoms with Crippen molar-refractivity contribution in [2.24, 2.45) is 0 Å². The number of nitrogens with one attached hydrogen (secondary N) is 1. The zero-order chi connectivity index (χ0) is 16.7.